The van der Waals surface area contributed by atoms with Gasteiger partial charge in [-0.2, -0.15) is 0 Å². The first-order valence-electron chi connectivity index (χ1n) is 6.75. The van der Waals surface area contributed by atoms with E-state index in [1.54, 1.807) is 6.20 Å². The average Bonchev–Trinajstić information content (AvgIpc) is 2.96. The van der Waals surface area contributed by atoms with Crippen LogP contribution >= 0.6 is 15.9 Å². The van der Waals surface area contributed by atoms with Gasteiger partial charge >= 0.3 is 0 Å². The van der Waals surface area contributed by atoms with Crippen molar-refractivity contribution in [2.24, 2.45) is 0 Å². The van der Waals surface area contributed by atoms with Crippen LogP contribution in [0.3, 0.4) is 0 Å². The number of hydrogen-bond acceptors (Lipinski definition) is 4. The lowest BCUT2D eigenvalue weighted by molar-refractivity contribution is 0.313. The highest BCUT2D eigenvalue weighted by atomic mass is 79.9. The molecule has 2 rings (SSSR count). The molecule has 0 fully saturated rings. The smallest absolute Gasteiger partial charge is 0.123 e. The van der Waals surface area contributed by atoms with Crippen LogP contribution in [0.25, 0.3) is 0 Å². The summed E-state index contributed by atoms with van der Waals surface area (Å²) < 4.78 is 8.63. The lowest BCUT2D eigenvalue weighted by Crippen LogP contribution is -2.20. The molecule has 6 heteroatoms. The van der Waals surface area contributed by atoms with Crippen molar-refractivity contribution >= 4 is 15.9 Å². The SMILES string of the molecule is CCCOc1ccc(Br)cc1CNCCn1ccnn1. The molecule has 0 unspecified atom stereocenters. The standard InChI is InChI=1S/C14H19BrN4O/c1-2-9-20-14-4-3-13(15)10-12(14)11-16-5-7-19-8-6-17-18-19/h3-4,6,8,10,16H,2,5,7,9,11H2,1H3. The molecule has 1 N–H and O–H groups in total. The van der Waals surface area contributed by atoms with Crippen molar-refractivity contribution in [2.45, 2.75) is 26.4 Å². The Labute approximate surface area is 127 Å². The van der Waals surface area contributed by atoms with Gasteiger partial charge in [0.05, 0.1) is 19.3 Å². The number of rotatable bonds is 8. The Hall–Kier alpha value is -1.40. The van der Waals surface area contributed by atoms with Crippen molar-refractivity contribution in [1.29, 1.82) is 0 Å². The summed E-state index contributed by atoms with van der Waals surface area (Å²) >= 11 is 3.50. The number of aromatic nitrogens is 3. The van der Waals surface area contributed by atoms with Crippen LogP contribution in [0.2, 0.25) is 0 Å². The molecular formula is C14H19BrN4O. The van der Waals surface area contributed by atoms with E-state index in [-0.39, 0.29) is 0 Å². The van der Waals surface area contributed by atoms with Gasteiger partial charge in [-0.1, -0.05) is 28.1 Å². The average molecular weight is 339 g/mol. The van der Waals surface area contributed by atoms with E-state index >= 15 is 0 Å². The molecule has 5 nitrogen and oxygen atoms in total. The first-order chi connectivity index (χ1) is 9.79. The first kappa shape index (κ1) is 15.0. The Morgan fingerprint density at radius 3 is 3.05 bits per heavy atom. The second-order valence-corrected chi connectivity index (χ2v) is 5.36. The Morgan fingerprint density at radius 1 is 1.40 bits per heavy atom. The molecule has 0 bridgehead atoms. The minimum Gasteiger partial charge on any atom is -0.493 e. The van der Waals surface area contributed by atoms with E-state index < -0.39 is 0 Å². The highest BCUT2D eigenvalue weighted by Crippen LogP contribution is 2.23. The van der Waals surface area contributed by atoms with E-state index in [1.165, 1.54) is 0 Å². The highest BCUT2D eigenvalue weighted by molar-refractivity contribution is 9.10. The predicted octanol–water partition coefficient (Wildman–Crippen LogP) is 2.62. The molecule has 0 saturated heterocycles. The van der Waals surface area contributed by atoms with Crippen molar-refractivity contribution in [1.82, 2.24) is 20.3 Å². The second-order valence-electron chi connectivity index (χ2n) is 4.44. The van der Waals surface area contributed by atoms with Gasteiger partial charge in [-0.25, -0.2) is 0 Å². The van der Waals surface area contributed by atoms with Gasteiger partial charge in [-0.3, -0.25) is 4.68 Å². The van der Waals surface area contributed by atoms with Crippen molar-refractivity contribution < 1.29 is 4.74 Å². The van der Waals surface area contributed by atoms with Crippen LogP contribution in [0.4, 0.5) is 0 Å². The van der Waals surface area contributed by atoms with Crippen LogP contribution in [0.1, 0.15) is 18.9 Å². The molecule has 1 aromatic heterocycles. The molecule has 2 aromatic rings. The molecule has 108 valence electrons. The van der Waals surface area contributed by atoms with Crippen LogP contribution in [0, 0.1) is 0 Å². The van der Waals surface area contributed by atoms with Crippen LogP contribution in [-0.4, -0.2) is 28.1 Å². The van der Waals surface area contributed by atoms with Crippen molar-refractivity contribution in [3.8, 4) is 5.75 Å². The monoisotopic (exact) mass is 338 g/mol. The zero-order valence-corrected chi connectivity index (χ0v) is 13.1. The predicted molar refractivity (Wildman–Crippen MR) is 81.7 cm³/mol. The van der Waals surface area contributed by atoms with Crippen LogP contribution in [-0.2, 0) is 13.1 Å². The highest BCUT2D eigenvalue weighted by Gasteiger charge is 2.04. The Bertz CT molecular complexity index is 516. The van der Waals surface area contributed by atoms with Gasteiger partial charge in [0.15, 0.2) is 0 Å². The third-order valence-electron chi connectivity index (χ3n) is 2.79. The molecule has 0 aliphatic carbocycles. The molecule has 0 spiro atoms. The fourth-order valence-corrected chi connectivity index (χ4v) is 2.22. The van der Waals surface area contributed by atoms with Crippen LogP contribution in [0.15, 0.2) is 35.1 Å². The van der Waals surface area contributed by atoms with E-state index in [1.807, 2.05) is 23.0 Å². The summed E-state index contributed by atoms with van der Waals surface area (Å²) in [6, 6.07) is 6.10. The maximum Gasteiger partial charge on any atom is 0.123 e. The van der Waals surface area contributed by atoms with E-state index in [0.717, 1.165) is 48.4 Å². The Balaban J connectivity index is 1.85. The summed E-state index contributed by atoms with van der Waals surface area (Å²) in [5.74, 6) is 0.948. The Kier molecular flexibility index (Phi) is 6.01. The molecule has 20 heavy (non-hydrogen) atoms. The molecule has 1 aromatic carbocycles. The summed E-state index contributed by atoms with van der Waals surface area (Å²) in [4.78, 5) is 0. The van der Waals surface area contributed by atoms with E-state index in [9.17, 15) is 0 Å². The molecule has 0 radical (unpaired) electrons. The topological polar surface area (TPSA) is 52.0 Å². The molecule has 0 saturated carbocycles. The van der Waals surface area contributed by atoms with Gasteiger partial charge in [-0.05, 0) is 24.6 Å². The largest absolute Gasteiger partial charge is 0.493 e. The Morgan fingerprint density at radius 2 is 2.30 bits per heavy atom. The number of hydrogen-bond donors (Lipinski definition) is 1. The first-order valence-corrected chi connectivity index (χ1v) is 7.55. The number of nitrogens with zero attached hydrogens (tertiary/aromatic N) is 3. The minimum atomic E-state index is 0.744. The number of ether oxygens (including phenoxy) is 1. The van der Waals surface area contributed by atoms with Gasteiger partial charge in [-0.15, -0.1) is 5.10 Å². The zero-order chi connectivity index (χ0) is 14.2. The van der Waals surface area contributed by atoms with Crippen molar-refractivity contribution in [3.63, 3.8) is 0 Å². The van der Waals surface area contributed by atoms with E-state index in [0.29, 0.717) is 0 Å². The van der Waals surface area contributed by atoms with E-state index in [2.05, 4.69) is 44.5 Å². The van der Waals surface area contributed by atoms with Gasteiger partial charge < -0.3 is 10.1 Å². The fourth-order valence-electron chi connectivity index (χ4n) is 1.81. The maximum atomic E-state index is 5.76. The fraction of sp³-hybridized carbons (Fsp3) is 0.429. The van der Waals surface area contributed by atoms with E-state index in [4.69, 9.17) is 4.74 Å². The third-order valence-corrected chi connectivity index (χ3v) is 3.28. The maximum absolute atomic E-state index is 5.76. The molecular weight excluding hydrogens is 320 g/mol. The number of nitrogens with one attached hydrogen (secondary N) is 1. The van der Waals surface area contributed by atoms with Crippen LogP contribution in [0.5, 0.6) is 5.75 Å². The third kappa shape index (κ3) is 4.61. The van der Waals surface area contributed by atoms with Gasteiger partial charge in [0, 0.05) is 29.3 Å². The lowest BCUT2D eigenvalue weighted by Gasteiger charge is -2.12. The summed E-state index contributed by atoms with van der Waals surface area (Å²) in [6.07, 6.45) is 4.55. The quantitative estimate of drug-likeness (QED) is 0.751. The molecule has 0 aliphatic heterocycles. The number of halogens is 1. The van der Waals surface area contributed by atoms with Crippen molar-refractivity contribution in [2.75, 3.05) is 13.2 Å². The minimum absolute atomic E-state index is 0.744. The van der Waals surface area contributed by atoms with Gasteiger partial charge in [0.1, 0.15) is 5.75 Å². The molecule has 0 amide bonds. The summed E-state index contributed by atoms with van der Waals surface area (Å²) in [6.45, 7) is 5.26. The lowest BCUT2D eigenvalue weighted by atomic mass is 10.2. The molecule has 0 aliphatic rings. The second kappa shape index (κ2) is 8.01. The summed E-state index contributed by atoms with van der Waals surface area (Å²) in [5.41, 5.74) is 1.16. The summed E-state index contributed by atoms with van der Waals surface area (Å²) in [5, 5.41) is 11.1. The summed E-state index contributed by atoms with van der Waals surface area (Å²) in [7, 11) is 0. The molecule has 1 heterocycles. The normalized spacial score (nSPS) is 10.7. The van der Waals surface area contributed by atoms with Gasteiger partial charge in [0.2, 0.25) is 0 Å². The van der Waals surface area contributed by atoms with Crippen LogP contribution < -0.4 is 10.1 Å². The van der Waals surface area contributed by atoms with Gasteiger partial charge in [0.25, 0.3) is 0 Å². The molecule has 0 atom stereocenters. The number of benzene rings is 1. The van der Waals surface area contributed by atoms with Crippen molar-refractivity contribution in [3.05, 3.63) is 40.6 Å². The zero-order valence-electron chi connectivity index (χ0n) is 11.6.